The zero-order valence-corrected chi connectivity index (χ0v) is 11.1. The molecule has 0 aromatic heterocycles. The van der Waals surface area contributed by atoms with Crippen molar-refractivity contribution in [2.24, 2.45) is 0 Å². The molecule has 0 aliphatic rings. The molecule has 100 valence electrons. The highest BCUT2D eigenvalue weighted by Gasteiger charge is 2.16. The van der Waals surface area contributed by atoms with Gasteiger partial charge in [0.1, 0.15) is 6.54 Å². The second kappa shape index (κ2) is 6.60. The first-order valence-corrected chi connectivity index (χ1v) is 5.93. The van der Waals surface area contributed by atoms with Gasteiger partial charge in [0.2, 0.25) is 5.91 Å². The first kappa shape index (κ1) is 14.8. The highest BCUT2D eigenvalue weighted by Crippen LogP contribution is 2.12. The third kappa shape index (κ3) is 4.47. The molecule has 0 fully saturated rings. The molecule has 0 saturated heterocycles. The van der Waals surface area contributed by atoms with Crippen LogP contribution in [-0.2, 0) is 16.0 Å². The number of terminal acetylenes is 1. The molecule has 0 bridgehead atoms. The smallest absolute Gasteiger partial charge is 0.323 e. The molecule has 0 spiro atoms. The quantitative estimate of drug-likeness (QED) is 0.813. The van der Waals surface area contributed by atoms with Crippen molar-refractivity contribution in [3.63, 3.8) is 0 Å². The van der Waals surface area contributed by atoms with Gasteiger partial charge in [0.15, 0.2) is 0 Å². The van der Waals surface area contributed by atoms with Crippen LogP contribution in [0.2, 0.25) is 0 Å². The van der Waals surface area contributed by atoms with E-state index in [4.69, 9.17) is 11.5 Å². The summed E-state index contributed by atoms with van der Waals surface area (Å²) in [5, 5.41) is 8.76. The number of rotatable bonds is 5. The monoisotopic (exact) mass is 259 g/mol. The molecule has 0 heterocycles. The van der Waals surface area contributed by atoms with Gasteiger partial charge < -0.3 is 10.0 Å². The van der Waals surface area contributed by atoms with E-state index in [0.29, 0.717) is 0 Å². The molecule has 1 aromatic rings. The Bertz CT molecular complexity index is 529. The van der Waals surface area contributed by atoms with Crippen LogP contribution in [0.4, 0.5) is 0 Å². The molecule has 0 aliphatic heterocycles. The van der Waals surface area contributed by atoms with Gasteiger partial charge >= 0.3 is 5.97 Å². The Hall–Kier alpha value is -2.28. The fourth-order valence-corrected chi connectivity index (χ4v) is 1.77. The van der Waals surface area contributed by atoms with Gasteiger partial charge in [-0.2, -0.15) is 0 Å². The van der Waals surface area contributed by atoms with Crippen LogP contribution < -0.4 is 0 Å². The molecule has 4 nitrogen and oxygen atoms in total. The number of hydrogen-bond donors (Lipinski definition) is 1. The zero-order valence-electron chi connectivity index (χ0n) is 11.1. The third-order valence-corrected chi connectivity index (χ3v) is 2.81. The van der Waals surface area contributed by atoms with Gasteiger partial charge in [0.05, 0.1) is 13.0 Å². The van der Waals surface area contributed by atoms with Crippen molar-refractivity contribution in [2.75, 3.05) is 13.1 Å². The third-order valence-electron chi connectivity index (χ3n) is 2.81. The predicted molar refractivity (Wildman–Crippen MR) is 72.7 cm³/mol. The van der Waals surface area contributed by atoms with E-state index < -0.39 is 5.97 Å². The topological polar surface area (TPSA) is 57.6 Å². The number of aryl methyl sites for hydroxylation is 2. The van der Waals surface area contributed by atoms with Crippen molar-refractivity contribution < 1.29 is 14.7 Å². The van der Waals surface area contributed by atoms with Crippen LogP contribution in [-0.4, -0.2) is 35.0 Å². The second-order valence-corrected chi connectivity index (χ2v) is 4.45. The van der Waals surface area contributed by atoms with Gasteiger partial charge in [-0.05, 0) is 25.0 Å². The lowest BCUT2D eigenvalue weighted by molar-refractivity contribution is -0.143. The maximum Gasteiger partial charge on any atom is 0.323 e. The van der Waals surface area contributed by atoms with Gasteiger partial charge in [0.25, 0.3) is 0 Å². The fraction of sp³-hybridized carbons (Fsp3) is 0.333. The molecule has 1 amide bonds. The van der Waals surface area contributed by atoms with Crippen molar-refractivity contribution in [3.05, 3.63) is 34.9 Å². The van der Waals surface area contributed by atoms with Crippen LogP contribution in [0.25, 0.3) is 0 Å². The Balaban J connectivity index is 2.84. The molecule has 0 unspecified atom stereocenters. The van der Waals surface area contributed by atoms with Crippen LogP contribution in [0.5, 0.6) is 0 Å². The molecule has 0 saturated carbocycles. The van der Waals surface area contributed by atoms with E-state index in [9.17, 15) is 9.59 Å². The van der Waals surface area contributed by atoms with Crippen LogP contribution in [0.3, 0.4) is 0 Å². The number of benzene rings is 1. The van der Waals surface area contributed by atoms with Crippen molar-refractivity contribution in [2.45, 2.75) is 20.3 Å². The number of nitrogens with zero attached hydrogens (tertiary/aromatic N) is 1. The summed E-state index contributed by atoms with van der Waals surface area (Å²) in [5.41, 5.74) is 2.97. The van der Waals surface area contributed by atoms with E-state index in [1.54, 1.807) is 0 Å². The number of carbonyl (C=O) groups is 2. The minimum Gasteiger partial charge on any atom is -0.480 e. The molecule has 1 N–H and O–H groups in total. The summed E-state index contributed by atoms with van der Waals surface area (Å²) < 4.78 is 0. The molecular formula is C15H17NO3. The van der Waals surface area contributed by atoms with Crippen LogP contribution >= 0.6 is 0 Å². The Morgan fingerprint density at radius 1 is 1.37 bits per heavy atom. The molecule has 1 rings (SSSR count). The van der Waals surface area contributed by atoms with Gasteiger partial charge in [-0.25, -0.2) is 0 Å². The summed E-state index contributed by atoms with van der Waals surface area (Å²) in [6.07, 6.45) is 5.32. The Kier molecular flexibility index (Phi) is 5.13. The van der Waals surface area contributed by atoms with Crippen molar-refractivity contribution >= 4 is 11.9 Å². The molecule has 1 aromatic carbocycles. The minimum atomic E-state index is -1.07. The lowest BCUT2D eigenvalue weighted by atomic mass is 10.0. The highest BCUT2D eigenvalue weighted by molar-refractivity contribution is 5.83. The van der Waals surface area contributed by atoms with E-state index in [1.807, 2.05) is 32.0 Å². The highest BCUT2D eigenvalue weighted by atomic mass is 16.4. The molecular weight excluding hydrogens is 242 g/mol. The standard InChI is InChI=1S/C15H17NO3/c1-4-7-16(10-15(18)19)14(17)9-13-8-11(2)5-6-12(13)3/h1,5-6,8H,7,9-10H2,2-3H3,(H,18,19). The zero-order chi connectivity index (χ0) is 14.4. The minimum absolute atomic E-state index is 0.00992. The number of aliphatic carboxylic acids is 1. The summed E-state index contributed by atoms with van der Waals surface area (Å²) in [4.78, 5) is 23.9. The number of amides is 1. The number of carboxylic acid groups (broad SMARTS) is 1. The lowest BCUT2D eigenvalue weighted by Crippen LogP contribution is -2.37. The van der Waals surface area contributed by atoms with Gasteiger partial charge in [0, 0.05) is 0 Å². The van der Waals surface area contributed by atoms with E-state index >= 15 is 0 Å². The lowest BCUT2D eigenvalue weighted by Gasteiger charge is -2.18. The van der Waals surface area contributed by atoms with Gasteiger partial charge in [-0.3, -0.25) is 9.59 Å². The SMILES string of the molecule is C#CCN(CC(=O)O)C(=O)Cc1cc(C)ccc1C. The molecule has 0 atom stereocenters. The first-order valence-electron chi connectivity index (χ1n) is 5.93. The van der Waals surface area contributed by atoms with Crippen LogP contribution in [0, 0.1) is 26.2 Å². The van der Waals surface area contributed by atoms with Gasteiger partial charge in [-0.1, -0.05) is 29.7 Å². The van der Waals surface area contributed by atoms with E-state index in [1.165, 1.54) is 4.90 Å². The number of carbonyl (C=O) groups excluding carboxylic acids is 1. The van der Waals surface area contributed by atoms with Crippen molar-refractivity contribution in [3.8, 4) is 12.3 Å². The van der Waals surface area contributed by atoms with Crippen molar-refractivity contribution in [1.82, 2.24) is 4.90 Å². The van der Waals surface area contributed by atoms with Crippen LogP contribution in [0.1, 0.15) is 16.7 Å². The normalized spacial score (nSPS) is 9.74. The number of carboxylic acids is 1. The predicted octanol–water partition coefficient (Wildman–Crippen LogP) is 1.39. The maximum absolute atomic E-state index is 12.1. The van der Waals surface area contributed by atoms with E-state index in [-0.39, 0.29) is 25.4 Å². The Labute approximate surface area is 113 Å². The number of hydrogen-bond acceptors (Lipinski definition) is 2. The fourth-order valence-electron chi connectivity index (χ4n) is 1.77. The molecule has 4 heteroatoms. The second-order valence-electron chi connectivity index (χ2n) is 4.45. The molecule has 19 heavy (non-hydrogen) atoms. The summed E-state index contributed by atoms with van der Waals surface area (Å²) >= 11 is 0. The van der Waals surface area contributed by atoms with Crippen LogP contribution in [0.15, 0.2) is 18.2 Å². The van der Waals surface area contributed by atoms with E-state index in [0.717, 1.165) is 16.7 Å². The first-order chi connectivity index (χ1) is 8.93. The summed E-state index contributed by atoms with van der Waals surface area (Å²) in [6.45, 7) is 3.51. The molecule has 0 aliphatic carbocycles. The average molecular weight is 259 g/mol. The van der Waals surface area contributed by atoms with Gasteiger partial charge in [-0.15, -0.1) is 6.42 Å². The average Bonchev–Trinajstić information content (AvgIpc) is 2.32. The Morgan fingerprint density at radius 2 is 2.05 bits per heavy atom. The maximum atomic E-state index is 12.1. The Morgan fingerprint density at radius 3 is 2.63 bits per heavy atom. The summed E-state index contributed by atoms with van der Waals surface area (Å²) in [5.74, 6) is 0.973. The molecule has 0 radical (unpaired) electrons. The summed E-state index contributed by atoms with van der Waals surface area (Å²) in [7, 11) is 0. The summed E-state index contributed by atoms with van der Waals surface area (Å²) in [6, 6.07) is 5.85. The van der Waals surface area contributed by atoms with Crippen molar-refractivity contribution in [1.29, 1.82) is 0 Å². The largest absolute Gasteiger partial charge is 0.480 e. The van der Waals surface area contributed by atoms with E-state index in [2.05, 4.69) is 5.92 Å².